The Labute approximate surface area is 108 Å². The van der Waals surface area contributed by atoms with E-state index in [9.17, 15) is 0 Å². The van der Waals surface area contributed by atoms with E-state index in [2.05, 4.69) is 60.9 Å². The van der Waals surface area contributed by atoms with Crippen molar-refractivity contribution in [1.29, 1.82) is 0 Å². The van der Waals surface area contributed by atoms with Gasteiger partial charge in [-0.25, -0.2) is 0 Å². The van der Waals surface area contributed by atoms with Gasteiger partial charge in [0.2, 0.25) is 0 Å². The Bertz CT molecular complexity index is 313. The summed E-state index contributed by atoms with van der Waals surface area (Å²) in [5.41, 5.74) is 0.968. The highest BCUT2D eigenvalue weighted by atomic mass is 15.4. The van der Waals surface area contributed by atoms with Crippen molar-refractivity contribution in [2.24, 2.45) is 16.7 Å². The van der Waals surface area contributed by atoms with Crippen LogP contribution in [0.1, 0.15) is 33.6 Å². The monoisotopic (exact) mass is 239 g/mol. The van der Waals surface area contributed by atoms with E-state index in [1.807, 2.05) is 0 Å². The molecule has 4 atom stereocenters. The second kappa shape index (κ2) is 3.48. The molecule has 0 saturated heterocycles. The Morgan fingerprint density at radius 2 is 1.59 bits per heavy atom. The third kappa shape index (κ3) is 1.53. The molecule has 2 bridgehead atoms. The van der Waals surface area contributed by atoms with Crippen molar-refractivity contribution in [3.63, 3.8) is 0 Å². The number of rotatable bonds is 2. The standard InChI is InChI=1S/C15H31N2/c1-14(2)11-9-10-15(14,3)13(16(4)5)12(11)17(6,7)8/h11-13H,9-10H2,1-8H3/q+1/t11-,12-,13-,15+/m1/s1. The maximum absolute atomic E-state index is 2.54. The highest BCUT2D eigenvalue weighted by Gasteiger charge is 2.70. The average Bonchev–Trinajstić information content (AvgIpc) is 2.44. The van der Waals surface area contributed by atoms with Crippen molar-refractivity contribution in [2.75, 3.05) is 35.2 Å². The number of nitrogens with zero attached hydrogens (tertiary/aromatic N) is 2. The molecule has 0 amide bonds. The predicted octanol–water partition coefficient (Wildman–Crippen LogP) is 2.45. The smallest absolute Gasteiger partial charge is 0.108 e. The van der Waals surface area contributed by atoms with Crippen LogP contribution in [-0.2, 0) is 0 Å². The molecule has 0 aromatic heterocycles. The molecule has 17 heavy (non-hydrogen) atoms. The molecule has 2 rings (SSSR count). The SMILES string of the molecule is CN(C)[C@@H]1[C@H]([N+](C)(C)C)[C@H]2CC[C@]1(C)C2(C)C. The highest BCUT2D eigenvalue weighted by Crippen LogP contribution is 2.67. The van der Waals surface area contributed by atoms with Gasteiger partial charge in [0, 0.05) is 5.92 Å². The molecule has 0 radical (unpaired) electrons. The molecule has 0 N–H and O–H groups in total. The van der Waals surface area contributed by atoms with E-state index in [-0.39, 0.29) is 0 Å². The van der Waals surface area contributed by atoms with E-state index in [0.29, 0.717) is 10.8 Å². The van der Waals surface area contributed by atoms with E-state index in [0.717, 1.165) is 22.5 Å². The topological polar surface area (TPSA) is 3.24 Å². The number of quaternary nitrogens is 1. The lowest BCUT2D eigenvalue weighted by Crippen LogP contribution is -2.60. The molecule has 100 valence electrons. The van der Waals surface area contributed by atoms with Crippen LogP contribution < -0.4 is 0 Å². The Kier molecular flexibility index (Phi) is 2.73. The third-order valence-corrected chi connectivity index (χ3v) is 6.21. The molecule has 2 fully saturated rings. The number of hydrogen-bond donors (Lipinski definition) is 0. The fraction of sp³-hybridized carbons (Fsp3) is 1.00. The van der Waals surface area contributed by atoms with Crippen LogP contribution >= 0.6 is 0 Å². The summed E-state index contributed by atoms with van der Waals surface area (Å²) < 4.78 is 1.10. The van der Waals surface area contributed by atoms with E-state index in [4.69, 9.17) is 0 Å². The molecule has 2 heteroatoms. The van der Waals surface area contributed by atoms with Crippen LogP contribution in [0.2, 0.25) is 0 Å². The molecule has 2 aliphatic carbocycles. The van der Waals surface area contributed by atoms with E-state index < -0.39 is 0 Å². The largest absolute Gasteiger partial charge is 0.327 e. The third-order valence-electron chi connectivity index (χ3n) is 6.21. The maximum atomic E-state index is 2.54. The molecular weight excluding hydrogens is 208 g/mol. The van der Waals surface area contributed by atoms with Crippen LogP contribution in [0.3, 0.4) is 0 Å². The lowest BCUT2D eigenvalue weighted by molar-refractivity contribution is -0.902. The van der Waals surface area contributed by atoms with Gasteiger partial charge in [-0.2, -0.15) is 0 Å². The van der Waals surface area contributed by atoms with E-state index in [1.54, 1.807) is 0 Å². The fourth-order valence-electron chi connectivity index (χ4n) is 5.12. The molecule has 0 aromatic rings. The van der Waals surface area contributed by atoms with Gasteiger partial charge in [0.1, 0.15) is 6.04 Å². The van der Waals surface area contributed by atoms with Crippen molar-refractivity contribution in [3.05, 3.63) is 0 Å². The van der Waals surface area contributed by atoms with Gasteiger partial charge in [-0.05, 0) is 37.8 Å². The van der Waals surface area contributed by atoms with Gasteiger partial charge in [0.05, 0.1) is 27.2 Å². The van der Waals surface area contributed by atoms with Crippen LogP contribution in [0, 0.1) is 16.7 Å². The lowest BCUT2D eigenvalue weighted by atomic mass is 9.69. The second-order valence-electron chi connectivity index (χ2n) is 8.30. The van der Waals surface area contributed by atoms with Crippen molar-refractivity contribution in [2.45, 2.75) is 45.7 Å². The maximum Gasteiger partial charge on any atom is 0.108 e. The van der Waals surface area contributed by atoms with Gasteiger partial charge >= 0.3 is 0 Å². The Balaban J connectivity index is 2.49. The zero-order valence-electron chi connectivity index (χ0n) is 13.0. The summed E-state index contributed by atoms with van der Waals surface area (Å²) in [5, 5.41) is 0. The van der Waals surface area contributed by atoms with Crippen LogP contribution in [0.25, 0.3) is 0 Å². The first kappa shape index (κ1) is 13.4. The van der Waals surface area contributed by atoms with Crippen molar-refractivity contribution >= 4 is 0 Å². The number of fused-ring (bicyclic) bond motifs is 2. The van der Waals surface area contributed by atoms with Gasteiger partial charge in [0.15, 0.2) is 0 Å². The van der Waals surface area contributed by atoms with Gasteiger partial charge in [-0.3, -0.25) is 0 Å². The quantitative estimate of drug-likeness (QED) is 0.669. The fourth-order valence-corrected chi connectivity index (χ4v) is 5.12. The molecule has 0 unspecified atom stereocenters. The minimum absolute atomic E-state index is 0.483. The zero-order valence-corrected chi connectivity index (χ0v) is 13.0. The van der Waals surface area contributed by atoms with E-state index in [1.165, 1.54) is 12.8 Å². The predicted molar refractivity (Wildman–Crippen MR) is 73.9 cm³/mol. The van der Waals surface area contributed by atoms with Gasteiger partial charge in [0.25, 0.3) is 0 Å². The summed E-state index contributed by atoms with van der Waals surface area (Å²) in [6.07, 6.45) is 2.83. The van der Waals surface area contributed by atoms with Crippen LogP contribution in [0.5, 0.6) is 0 Å². The van der Waals surface area contributed by atoms with Gasteiger partial charge in [-0.15, -0.1) is 0 Å². The van der Waals surface area contributed by atoms with Crippen LogP contribution in [0.4, 0.5) is 0 Å². The van der Waals surface area contributed by atoms with Gasteiger partial charge < -0.3 is 9.38 Å². The Hall–Kier alpha value is -0.0800. The first-order valence-corrected chi connectivity index (χ1v) is 7.01. The zero-order chi connectivity index (χ0) is 13.2. The molecule has 0 heterocycles. The van der Waals surface area contributed by atoms with E-state index >= 15 is 0 Å². The Morgan fingerprint density at radius 1 is 1.06 bits per heavy atom. The average molecular weight is 239 g/mol. The van der Waals surface area contributed by atoms with Crippen molar-refractivity contribution < 1.29 is 4.48 Å². The molecular formula is C15H31N2+. The molecule has 2 aliphatic rings. The van der Waals surface area contributed by atoms with Crippen LogP contribution in [-0.4, -0.2) is 56.7 Å². The summed E-state index contributed by atoms with van der Waals surface area (Å²) in [7, 11) is 11.7. The first-order valence-electron chi connectivity index (χ1n) is 7.01. The second-order valence-corrected chi connectivity index (χ2v) is 8.30. The molecule has 0 aliphatic heterocycles. The molecule has 0 spiro atoms. The number of hydrogen-bond acceptors (Lipinski definition) is 1. The first-order chi connectivity index (χ1) is 7.53. The molecule has 2 nitrogen and oxygen atoms in total. The van der Waals surface area contributed by atoms with Crippen LogP contribution in [0.15, 0.2) is 0 Å². The van der Waals surface area contributed by atoms with Gasteiger partial charge in [-0.1, -0.05) is 20.8 Å². The minimum Gasteiger partial charge on any atom is -0.327 e. The molecule has 0 aromatic carbocycles. The summed E-state index contributed by atoms with van der Waals surface area (Å²) in [4.78, 5) is 2.50. The highest BCUT2D eigenvalue weighted by molar-refractivity contribution is 5.17. The lowest BCUT2D eigenvalue weighted by Gasteiger charge is -2.47. The number of likely N-dealkylation sites (N-methyl/N-ethyl adjacent to an activating group) is 2. The normalized spacial score (nSPS) is 44.6. The Morgan fingerprint density at radius 3 is 1.94 bits per heavy atom. The summed E-state index contributed by atoms with van der Waals surface area (Å²) in [5.74, 6) is 0.875. The summed E-state index contributed by atoms with van der Waals surface area (Å²) in [6, 6.07) is 1.50. The van der Waals surface area contributed by atoms with Crippen molar-refractivity contribution in [3.8, 4) is 0 Å². The van der Waals surface area contributed by atoms with Crippen molar-refractivity contribution in [1.82, 2.24) is 4.90 Å². The molecule has 2 saturated carbocycles. The summed E-state index contributed by atoms with van der Waals surface area (Å²) in [6.45, 7) is 7.56. The minimum atomic E-state index is 0.483. The summed E-state index contributed by atoms with van der Waals surface area (Å²) >= 11 is 0.